The number of nitrogens with two attached hydrogens (primary N) is 1. The minimum Gasteiger partial charge on any atom is -0.324 e. The number of rotatable bonds is 4. The maximum atomic E-state index is 6.17. The van der Waals surface area contributed by atoms with Gasteiger partial charge in [-0.1, -0.05) is 50.4 Å². The van der Waals surface area contributed by atoms with Gasteiger partial charge in [0, 0.05) is 11.1 Å². The third kappa shape index (κ3) is 2.73. The second-order valence-electron chi connectivity index (χ2n) is 3.65. The van der Waals surface area contributed by atoms with E-state index in [0.29, 0.717) is 5.92 Å². The third-order valence-electron chi connectivity index (χ3n) is 2.81. The largest absolute Gasteiger partial charge is 0.324 e. The fourth-order valence-electron chi connectivity index (χ4n) is 1.75. The first-order valence-electron chi connectivity index (χ1n) is 5.20. The van der Waals surface area contributed by atoms with Crippen LogP contribution in [-0.4, -0.2) is 0 Å². The van der Waals surface area contributed by atoms with Gasteiger partial charge in [-0.3, -0.25) is 0 Å². The molecule has 0 aliphatic heterocycles. The first-order valence-corrected chi connectivity index (χ1v) is 5.57. The van der Waals surface area contributed by atoms with E-state index in [1.807, 2.05) is 24.3 Å². The van der Waals surface area contributed by atoms with Crippen LogP contribution in [0.1, 0.15) is 38.3 Å². The highest BCUT2D eigenvalue weighted by atomic mass is 35.5. The normalized spacial score (nSPS) is 13.2. The van der Waals surface area contributed by atoms with Gasteiger partial charge in [-0.05, 0) is 23.6 Å². The summed E-state index contributed by atoms with van der Waals surface area (Å²) in [7, 11) is 0. The van der Waals surface area contributed by atoms with Crippen molar-refractivity contribution in [2.75, 3.05) is 0 Å². The molecule has 1 aromatic carbocycles. The van der Waals surface area contributed by atoms with Gasteiger partial charge in [-0.2, -0.15) is 0 Å². The van der Waals surface area contributed by atoms with Crippen LogP contribution in [0.4, 0.5) is 0 Å². The Bertz CT molecular complexity index is 264. The van der Waals surface area contributed by atoms with E-state index in [-0.39, 0.29) is 6.04 Å². The Hall–Kier alpha value is -0.530. The lowest BCUT2D eigenvalue weighted by Gasteiger charge is -2.21. The zero-order valence-electron chi connectivity index (χ0n) is 8.83. The van der Waals surface area contributed by atoms with Crippen LogP contribution >= 0.6 is 11.6 Å². The monoisotopic (exact) mass is 211 g/mol. The summed E-state index contributed by atoms with van der Waals surface area (Å²) in [5.41, 5.74) is 7.35. The molecule has 2 N–H and O–H groups in total. The molecule has 0 bridgehead atoms. The van der Waals surface area contributed by atoms with Crippen molar-refractivity contribution in [3.8, 4) is 0 Å². The highest BCUT2D eigenvalue weighted by molar-refractivity contribution is 6.30. The molecule has 0 fully saturated rings. The van der Waals surface area contributed by atoms with Gasteiger partial charge in [0.05, 0.1) is 0 Å². The van der Waals surface area contributed by atoms with Crippen molar-refractivity contribution in [1.29, 1.82) is 0 Å². The quantitative estimate of drug-likeness (QED) is 0.806. The second-order valence-corrected chi connectivity index (χ2v) is 4.09. The van der Waals surface area contributed by atoms with Crippen LogP contribution in [0.5, 0.6) is 0 Å². The van der Waals surface area contributed by atoms with Gasteiger partial charge in [-0.15, -0.1) is 0 Å². The molecule has 1 aromatic rings. The lowest BCUT2D eigenvalue weighted by atomic mass is 9.90. The lowest BCUT2D eigenvalue weighted by Crippen LogP contribution is -2.20. The summed E-state index contributed by atoms with van der Waals surface area (Å²) in [5.74, 6) is 0.566. The zero-order valence-corrected chi connectivity index (χ0v) is 9.59. The molecule has 0 aromatic heterocycles. The number of halogens is 1. The average molecular weight is 212 g/mol. The van der Waals surface area contributed by atoms with E-state index >= 15 is 0 Å². The SMILES string of the molecule is CCC(CC)C(N)c1ccc(Cl)cc1. The van der Waals surface area contributed by atoms with Crippen molar-refractivity contribution in [3.05, 3.63) is 34.9 Å². The Morgan fingerprint density at radius 1 is 1.14 bits per heavy atom. The van der Waals surface area contributed by atoms with E-state index in [4.69, 9.17) is 17.3 Å². The maximum absolute atomic E-state index is 6.17. The molecule has 1 atom stereocenters. The molecular formula is C12H18ClN. The average Bonchev–Trinajstić information content (AvgIpc) is 2.20. The van der Waals surface area contributed by atoms with Crippen molar-refractivity contribution in [1.82, 2.24) is 0 Å². The molecule has 0 aliphatic rings. The van der Waals surface area contributed by atoms with Crippen LogP contribution in [0.3, 0.4) is 0 Å². The summed E-state index contributed by atoms with van der Waals surface area (Å²) in [4.78, 5) is 0. The van der Waals surface area contributed by atoms with Crippen molar-refractivity contribution < 1.29 is 0 Å². The molecule has 0 heterocycles. The summed E-state index contributed by atoms with van der Waals surface area (Å²) >= 11 is 5.82. The number of hydrogen-bond donors (Lipinski definition) is 1. The van der Waals surface area contributed by atoms with Gasteiger partial charge in [0.1, 0.15) is 0 Å². The molecule has 1 unspecified atom stereocenters. The summed E-state index contributed by atoms with van der Waals surface area (Å²) in [6.07, 6.45) is 2.25. The van der Waals surface area contributed by atoms with Crippen molar-refractivity contribution >= 4 is 11.6 Å². The zero-order chi connectivity index (χ0) is 10.6. The van der Waals surface area contributed by atoms with E-state index in [1.54, 1.807) is 0 Å². The van der Waals surface area contributed by atoms with Gasteiger partial charge in [0.15, 0.2) is 0 Å². The summed E-state index contributed by atoms with van der Waals surface area (Å²) in [5, 5.41) is 0.769. The maximum Gasteiger partial charge on any atom is 0.0406 e. The number of benzene rings is 1. The Labute approximate surface area is 91.3 Å². The fourth-order valence-corrected chi connectivity index (χ4v) is 1.88. The van der Waals surface area contributed by atoms with Crippen LogP contribution in [-0.2, 0) is 0 Å². The molecule has 2 heteroatoms. The van der Waals surface area contributed by atoms with Crippen LogP contribution in [0.2, 0.25) is 5.02 Å². The predicted molar refractivity (Wildman–Crippen MR) is 62.5 cm³/mol. The van der Waals surface area contributed by atoms with Gasteiger partial charge in [-0.25, -0.2) is 0 Å². The lowest BCUT2D eigenvalue weighted by molar-refractivity contribution is 0.405. The van der Waals surface area contributed by atoms with Crippen molar-refractivity contribution in [3.63, 3.8) is 0 Å². The van der Waals surface area contributed by atoms with Crippen LogP contribution in [0.15, 0.2) is 24.3 Å². The summed E-state index contributed by atoms with van der Waals surface area (Å²) < 4.78 is 0. The standard InChI is InChI=1S/C12H18ClN/c1-3-9(4-2)12(14)10-5-7-11(13)8-6-10/h5-9,12H,3-4,14H2,1-2H3. The van der Waals surface area contributed by atoms with E-state index < -0.39 is 0 Å². The summed E-state index contributed by atoms with van der Waals surface area (Å²) in [6, 6.07) is 7.98. The first kappa shape index (κ1) is 11.5. The minimum atomic E-state index is 0.141. The van der Waals surface area contributed by atoms with Crippen molar-refractivity contribution in [2.24, 2.45) is 11.7 Å². The second kappa shape index (κ2) is 5.38. The Kier molecular flexibility index (Phi) is 4.43. The smallest absolute Gasteiger partial charge is 0.0406 e. The third-order valence-corrected chi connectivity index (χ3v) is 3.06. The van der Waals surface area contributed by atoms with Crippen molar-refractivity contribution in [2.45, 2.75) is 32.7 Å². The Balaban J connectivity index is 2.77. The molecular weight excluding hydrogens is 194 g/mol. The molecule has 1 nitrogen and oxygen atoms in total. The number of hydrogen-bond acceptors (Lipinski definition) is 1. The van der Waals surface area contributed by atoms with E-state index in [2.05, 4.69) is 13.8 Å². The predicted octanol–water partition coefficient (Wildman–Crippen LogP) is 3.78. The van der Waals surface area contributed by atoms with Crippen LogP contribution < -0.4 is 5.73 Å². The molecule has 0 aliphatic carbocycles. The Morgan fingerprint density at radius 3 is 2.07 bits per heavy atom. The van der Waals surface area contributed by atoms with Gasteiger partial charge >= 0.3 is 0 Å². The molecule has 78 valence electrons. The molecule has 0 amide bonds. The van der Waals surface area contributed by atoms with Gasteiger partial charge < -0.3 is 5.73 Å². The topological polar surface area (TPSA) is 26.0 Å². The molecule has 14 heavy (non-hydrogen) atoms. The van der Waals surface area contributed by atoms with E-state index in [1.165, 1.54) is 5.56 Å². The summed E-state index contributed by atoms with van der Waals surface area (Å²) in [6.45, 7) is 4.37. The highest BCUT2D eigenvalue weighted by Crippen LogP contribution is 2.25. The van der Waals surface area contributed by atoms with E-state index in [9.17, 15) is 0 Å². The minimum absolute atomic E-state index is 0.141. The van der Waals surface area contributed by atoms with Gasteiger partial charge in [0.25, 0.3) is 0 Å². The highest BCUT2D eigenvalue weighted by Gasteiger charge is 2.15. The van der Waals surface area contributed by atoms with E-state index in [0.717, 1.165) is 17.9 Å². The Morgan fingerprint density at radius 2 is 1.64 bits per heavy atom. The molecule has 0 radical (unpaired) electrons. The molecule has 1 rings (SSSR count). The van der Waals surface area contributed by atoms with Crippen LogP contribution in [0, 0.1) is 5.92 Å². The molecule has 0 saturated carbocycles. The fraction of sp³-hybridized carbons (Fsp3) is 0.500. The molecule has 0 spiro atoms. The van der Waals surface area contributed by atoms with Crippen LogP contribution in [0.25, 0.3) is 0 Å². The first-order chi connectivity index (χ1) is 6.69. The molecule has 0 saturated heterocycles. The van der Waals surface area contributed by atoms with Gasteiger partial charge in [0.2, 0.25) is 0 Å².